The lowest BCUT2D eigenvalue weighted by molar-refractivity contribution is -0.148. The van der Waals surface area contributed by atoms with Crippen molar-refractivity contribution >= 4 is 11.9 Å². The molecule has 146 valence electrons. The molecule has 4 nitrogen and oxygen atoms in total. The van der Waals surface area contributed by atoms with Crippen LogP contribution in [-0.4, -0.2) is 34.5 Å². The largest absolute Gasteiger partial charge is 0.480 e. The lowest BCUT2D eigenvalue weighted by atomic mass is 10.0. The Hall–Kier alpha value is -1.06. The maximum Gasteiger partial charge on any atom is 0.326 e. The van der Waals surface area contributed by atoms with Gasteiger partial charge in [-0.3, -0.25) is 4.79 Å². The maximum atomic E-state index is 12.1. The summed E-state index contributed by atoms with van der Waals surface area (Å²) in [6, 6.07) is -0.575. The van der Waals surface area contributed by atoms with Gasteiger partial charge in [-0.05, 0) is 19.3 Å². The fourth-order valence-corrected chi connectivity index (χ4v) is 3.76. The summed E-state index contributed by atoms with van der Waals surface area (Å²) in [7, 11) is 0. The predicted octanol–water partition coefficient (Wildman–Crippen LogP) is 5.54. The average molecular weight is 354 g/mol. The summed E-state index contributed by atoms with van der Waals surface area (Å²) < 4.78 is 0. The second-order valence-corrected chi connectivity index (χ2v) is 7.58. The molecule has 0 radical (unpaired) electrons. The molecule has 1 N–H and O–H groups in total. The van der Waals surface area contributed by atoms with Crippen LogP contribution in [0.15, 0.2) is 0 Å². The number of carboxylic acid groups (broad SMARTS) is 1. The first-order valence-electron chi connectivity index (χ1n) is 10.7. The van der Waals surface area contributed by atoms with Crippen molar-refractivity contribution in [3.05, 3.63) is 0 Å². The van der Waals surface area contributed by atoms with Crippen molar-refractivity contribution in [2.45, 2.75) is 116 Å². The molecule has 0 aliphatic carbocycles. The van der Waals surface area contributed by atoms with Gasteiger partial charge in [0, 0.05) is 13.0 Å². The van der Waals surface area contributed by atoms with Gasteiger partial charge in [0.15, 0.2) is 0 Å². The molecule has 0 spiro atoms. The number of likely N-dealkylation sites (tertiary alicyclic amines) is 1. The van der Waals surface area contributed by atoms with Gasteiger partial charge in [-0.2, -0.15) is 0 Å². The third kappa shape index (κ3) is 9.86. The van der Waals surface area contributed by atoms with E-state index in [0.29, 0.717) is 19.4 Å². The minimum atomic E-state index is -0.851. The average Bonchev–Trinajstić information content (AvgIpc) is 3.09. The van der Waals surface area contributed by atoms with E-state index in [4.69, 9.17) is 5.11 Å². The van der Waals surface area contributed by atoms with Crippen molar-refractivity contribution in [3.8, 4) is 0 Å². The van der Waals surface area contributed by atoms with Crippen LogP contribution in [0.1, 0.15) is 110 Å². The van der Waals surface area contributed by atoms with Crippen LogP contribution in [-0.2, 0) is 9.59 Å². The molecule has 25 heavy (non-hydrogen) atoms. The number of hydrogen-bond donors (Lipinski definition) is 1. The lowest BCUT2D eigenvalue weighted by Crippen LogP contribution is -2.40. The number of hydrogen-bond acceptors (Lipinski definition) is 2. The number of carbonyl (C=O) groups excluding carboxylic acids is 1. The summed E-state index contributed by atoms with van der Waals surface area (Å²) in [6.45, 7) is 2.88. The Morgan fingerprint density at radius 2 is 1.32 bits per heavy atom. The zero-order valence-corrected chi connectivity index (χ0v) is 16.3. The third-order valence-electron chi connectivity index (χ3n) is 5.35. The lowest BCUT2D eigenvalue weighted by Gasteiger charge is -2.21. The van der Waals surface area contributed by atoms with E-state index >= 15 is 0 Å². The fraction of sp³-hybridized carbons (Fsp3) is 0.905. The molecule has 1 rings (SSSR count). The molecule has 1 amide bonds. The monoisotopic (exact) mass is 353 g/mol. The minimum absolute atomic E-state index is 0.0352. The van der Waals surface area contributed by atoms with Crippen LogP contribution in [0.3, 0.4) is 0 Å². The molecule has 0 bridgehead atoms. The van der Waals surface area contributed by atoms with Gasteiger partial charge < -0.3 is 10.0 Å². The van der Waals surface area contributed by atoms with Gasteiger partial charge in [-0.25, -0.2) is 4.79 Å². The maximum absolute atomic E-state index is 12.1. The van der Waals surface area contributed by atoms with Gasteiger partial charge in [0.2, 0.25) is 5.91 Å². The van der Waals surface area contributed by atoms with Crippen molar-refractivity contribution < 1.29 is 14.7 Å². The van der Waals surface area contributed by atoms with E-state index in [1.54, 1.807) is 4.90 Å². The first-order valence-corrected chi connectivity index (χ1v) is 10.7. The molecule has 0 aromatic heterocycles. The Labute approximate surface area is 154 Å². The van der Waals surface area contributed by atoms with Crippen molar-refractivity contribution in [1.29, 1.82) is 0 Å². The molecular formula is C21H39NO3. The number of nitrogens with zero attached hydrogens (tertiary/aromatic N) is 1. The molecule has 1 atom stereocenters. The van der Waals surface area contributed by atoms with Crippen molar-refractivity contribution in [3.63, 3.8) is 0 Å². The van der Waals surface area contributed by atoms with Crippen molar-refractivity contribution in [1.82, 2.24) is 4.90 Å². The van der Waals surface area contributed by atoms with Crippen LogP contribution in [0, 0.1) is 0 Å². The summed E-state index contributed by atoms with van der Waals surface area (Å²) in [5.41, 5.74) is 0. The highest BCUT2D eigenvalue weighted by molar-refractivity contribution is 5.84. The van der Waals surface area contributed by atoms with Crippen LogP contribution >= 0.6 is 0 Å². The third-order valence-corrected chi connectivity index (χ3v) is 5.35. The number of carbonyl (C=O) groups is 2. The first-order chi connectivity index (χ1) is 12.2. The van der Waals surface area contributed by atoms with E-state index in [1.165, 1.54) is 70.6 Å². The van der Waals surface area contributed by atoms with Gasteiger partial charge >= 0.3 is 5.97 Å². The normalized spacial score (nSPS) is 17.2. The van der Waals surface area contributed by atoms with E-state index in [1.807, 2.05) is 0 Å². The highest BCUT2D eigenvalue weighted by atomic mass is 16.4. The molecule has 1 fully saturated rings. The van der Waals surface area contributed by atoms with Gasteiger partial charge in [-0.15, -0.1) is 0 Å². The number of aliphatic carboxylic acids is 1. The Morgan fingerprint density at radius 3 is 1.80 bits per heavy atom. The zero-order valence-electron chi connectivity index (χ0n) is 16.3. The van der Waals surface area contributed by atoms with E-state index < -0.39 is 12.0 Å². The van der Waals surface area contributed by atoms with Gasteiger partial charge in [0.1, 0.15) is 6.04 Å². The molecular weight excluding hydrogens is 314 g/mol. The standard InChI is InChI=1S/C21H39NO3/c1-2-3-4-5-6-7-8-9-10-11-12-13-14-17-20(23)22-18-15-16-19(22)21(24)25/h19H,2-18H2,1H3,(H,24,25)/t19-/m0/s1. The second-order valence-electron chi connectivity index (χ2n) is 7.58. The topological polar surface area (TPSA) is 57.6 Å². The first kappa shape index (κ1) is 22.0. The van der Waals surface area contributed by atoms with Crippen LogP contribution in [0.2, 0.25) is 0 Å². The summed E-state index contributed by atoms with van der Waals surface area (Å²) >= 11 is 0. The Morgan fingerprint density at radius 1 is 0.840 bits per heavy atom. The Balaban J connectivity index is 1.88. The molecule has 0 unspecified atom stereocenters. The number of rotatable bonds is 15. The second kappa shape index (κ2) is 14.1. The van der Waals surface area contributed by atoms with Crippen LogP contribution in [0.25, 0.3) is 0 Å². The van der Waals surface area contributed by atoms with Crippen LogP contribution in [0.4, 0.5) is 0 Å². The van der Waals surface area contributed by atoms with E-state index in [2.05, 4.69) is 6.92 Å². The number of unbranched alkanes of at least 4 members (excludes halogenated alkanes) is 12. The number of amides is 1. The van der Waals surface area contributed by atoms with Gasteiger partial charge in [-0.1, -0.05) is 84.0 Å². The molecule has 1 aliphatic rings. The molecule has 1 heterocycles. The summed E-state index contributed by atoms with van der Waals surface area (Å²) in [4.78, 5) is 24.8. The summed E-state index contributed by atoms with van der Waals surface area (Å²) in [5.74, 6) is -0.816. The summed E-state index contributed by atoms with van der Waals surface area (Å²) in [5, 5.41) is 9.12. The number of carboxylic acids is 1. The fourth-order valence-electron chi connectivity index (χ4n) is 3.76. The minimum Gasteiger partial charge on any atom is -0.480 e. The van der Waals surface area contributed by atoms with Crippen LogP contribution < -0.4 is 0 Å². The Kier molecular flexibility index (Phi) is 12.4. The SMILES string of the molecule is CCCCCCCCCCCCCCCC(=O)N1CCC[C@H]1C(=O)O. The molecule has 0 aromatic carbocycles. The van der Waals surface area contributed by atoms with Gasteiger partial charge in [0.25, 0.3) is 0 Å². The Bertz CT molecular complexity index is 370. The van der Waals surface area contributed by atoms with Crippen molar-refractivity contribution in [2.75, 3.05) is 6.54 Å². The molecule has 0 aromatic rings. The summed E-state index contributed by atoms with van der Waals surface area (Å²) in [6.07, 6.45) is 18.7. The zero-order chi connectivity index (χ0) is 18.3. The molecule has 1 aliphatic heterocycles. The highest BCUT2D eigenvalue weighted by Crippen LogP contribution is 2.19. The molecule has 1 saturated heterocycles. The predicted molar refractivity (Wildman–Crippen MR) is 103 cm³/mol. The van der Waals surface area contributed by atoms with E-state index in [-0.39, 0.29) is 5.91 Å². The molecule has 4 heteroatoms. The molecule has 0 saturated carbocycles. The van der Waals surface area contributed by atoms with E-state index in [0.717, 1.165) is 19.3 Å². The van der Waals surface area contributed by atoms with Crippen LogP contribution in [0.5, 0.6) is 0 Å². The highest BCUT2D eigenvalue weighted by Gasteiger charge is 2.33. The quantitative estimate of drug-likeness (QED) is 0.393. The van der Waals surface area contributed by atoms with E-state index in [9.17, 15) is 9.59 Å². The van der Waals surface area contributed by atoms with Gasteiger partial charge in [0.05, 0.1) is 0 Å². The smallest absolute Gasteiger partial charge is 0.326 e. The van der Waals surface area contributed by atoms with Crippen molar-refractivity contribution in [2.24, 2.45) is 0 Å².